The lowest BCUT2D eigenvalue weighted by Crippen LogP contribution is -2.67. The fourth-order valence-corrected chi connectivity index (χ4v) is 5.00. The van der Waals surface area contributed by atoms with E-state index in [2.05, 4.69) is 11.8 Å². The largest absolute Gasteiger partial charge is 0.492 e. The Balaban J connectivity index is 1.51. The molecule has 1 heterocycles. The van der Waals surface area contributed by atoms with E-state index in [4.69, 9.17) is 18.9 Å². The van der Waals surface area contributed by atoms with E-state index in [1.807, 2.05) is 121 Å². The highest BCUT2D eigenvalue weighted by atomic mass is 16.6. The van der Waals surface area contributed by atoms with E-state index in [1.54, 1.807) is 0 Å². The van der Waals surface area contributed by atoms with Crippen molar-refractivity contribution in [2.75, 3.05) is 19.7 Å². The predicted molar refractivity (Wildman–Crippen MR) is 155 cm³/mol. The first-order valence-corrected chi connectivity index (χ1v) is 13.9. The summed E-state index contributed by atoms with van der Waals surface area (Å²) < 4.78 is 26.5. The highest BCUT2D eigenvalue weighted by Gasteiger charge is 2.48. The molecule has 0 saturated carbocycles. The normalized spacial score (nSPS) is 21.2. The van der Waals surface area contributed by atoms with Gasteiger partial charge in [-0.3, -0.25) is 4.90 Å². The molecule has 0 radical (unpaired) electrons. The molecule has 4 atom stereocenters. The zero-order valence-corrected chi connectivity index (χ0v) is 22.5. The van der Waals surface area contributed by atoms with E-state index in [-0.39, 0.29) is 24.4 Å². The molecule has 1 fully saturated rings. The molecule has 202 valence electrons. The molecule has 0 amide bonds. The number of hydrogen-bond donors (Lipinski definition) is 0. The van der Waals surface area contributed by atoms with Crippen LogP contribution in [0.5, 0.6) is 23.0 Å². The molecule has 1 aliphatic rings. The summed E-state index contributed by atoms with van der Waals surface area (Å²) in [7, 11) is 0. The first kappa shape index (κ1) is 26.6. The van der Waals surface area contributed by atoms with Crippen LogP contribution in [0.1, 0.15) is 19.8 Å². The van der Waals surface area contributed by atoms with Crippen molar-refractivity contribution in [3.8, 4) is 23.0 Å². The van der Waals surface area contributed by atoms with Crippen molar-refractivity contribution >= 4 is 0 Å². The smallest absolute Gasteiger partial charge is 0.175 e. The molecule has 4 aromatic carbocycles. The summed E-state index contributed by atoms with van der Waals surface area (Å²) in [4.78, 5) is 2.46. The van der Waals surface area contributed by atoms with Crippen LogP contribution < -0.4 is 18.9 Å². The lowest BCUT2D eigenvalue weighted by atomic mass is 9.92. The number of likely N-dealkylation sites (tertiary alicyclic amines) is 1. The second-order valence-corrected chi connectivity index (χ2v) is 9.80. The van der Waals surface area contributed by atoms with Crippen LogP contribution in [0.4, 0.5) is 0 Å². The van der Waals surface area contributed by atoms with Crippen molar-refractivity contribution < 1.29 is 18.9 Å². The van der Waals surface area contributed by atoms with Crippen LogP contribution in [0.2, 0.25) is 0 Å². The molecule has 1 aliphatic heterocycles. The fourth-order valence-electron chi connectivity index (χ4n) is 5.00. The van der Waals surface area contributed by atoms with Gasteiger partial charge in [-0.2, -0.15) is 0 Å². The predicted octanol–water partition coefficient (Wildman–Crippen LogP) is 6.89. The Hall–Kier alpha value is -3.96. The van der Waals surface area contributed by atoms with E-state index >= 15 is 0 Å². The molecule has 1 saturated heterocycles. The summed E-state index contributed by atoms with van der Waals surface area (Å²) in [6.45, 7) is 4.30. The number of piperidine rings is 1. The molecule has 0 bridgehead atoms. The average Bonchev–Trinajstić information content (AvgIpc) is 2.99. The van der Waals surface area contributed by atoms with Gasteiger partial charge in [-0.25, -0.2) is 0 Å². The van der Waals surface area contributed by atoms with Crippen molar-refractivity contribution in [3.63, 3.8) is 0 Å². The van der Waals surface area contributed by atoms with Gasteiger partial charge in [-0.15, -0.1) is 0 Å². The Morgan fingerprint density at radius 2 is 1.05 bits per heavy atom. The van der Waals surface area contributed by atoms with Gasteiger partial charge in [-0.1, -0.05) is 86.1 Å². The van der Waals surface area contributed by atoms with Gasteiger partial charge in [0, 0.05) is 6.54 Å². The van der Waals surface area contributed by atoms with Crippen molar-refractivity contribution in [3.05, 3.63) is 121 Å². The number of para-hydroxylation sites is 4. The molecular weight excluding hydrogens is 486 g/mol. The maximum atomic E-state index is 6.79. The van der Waals surface area contributed by atoms with Gasteiger partial charge in [0.05, 0.1) is 6.04 Å². The molecule has 0 unspecified atom stereocenters. The Labute approximate surface area is 231 Å². The third-order valence-electron chi connectivity index (χ3n) is 6.98. The first-order valence-electron chi connectivity index (χ1n) is 13.9. The van der Waals surface area contributed by atoms with Crippen LogP contribution in [0.15, 0.2) is 121 Å². The SMILES string of the molecule is CCCCN1C[C@H](Oc2ccccc2)[C@@H](Oc2ccccc2)[C@H](Oc2ccccc2)[C@H]1COc1ccccc1. The minimum absolute atomic E-state index is 0.0544. The molecule has 39 heavy (non-hydrogen) atoms. The van der Waals surface area contributed by atoms with Crippen LogP contribution in [-0.2, 0) is 0 Å². The second kappa shape index (κ2) is 13.7. The number of ether oxygens (including phenoxy) is 4. The summed E-state index contributed by atoms with van der Waals surface area (Å²) in [6, 6.07) is 39.8. The van der Waals surface area contributed by atoms with Crippen LogP contribution >= 0.6 is 0 Å². The van der Waals surface area contributed by atoms with E-state index in [0.29, 0.717) is 13.2 Å². The summed E-state index contributed by atoms with van der Waals surface area (Å²) in [5, 5.41) is 0. The van der Waals surface area contributed by atoms with E-state index in [9.17, 15) is 0 Å². The van der Waals surface area contributed by atoms with Crippen molar-refractivity contribution in [1.82, 2.24) is 4.90 Å². The molecule has 5 rings (SSSR count). The topological polar surface area (TPSA) is 40.2 Å². The summed E-state index contributed by atoms with van der Waals surface area (Å²) in [5.74, 6) is 3.24. The van der Waals surface area contributed by atoms with Gasteiger partial charge in [0.15, 0.2) is 18.3 Å². The highest BCUT2D eigenvalue weighted by Crippen LogP contribution is 2.31. The number of hydrogen-bond acceptors (Lipinski definition) is 5. The lowest BCUT2D eigenvalue weighted by molar-refractivity contribution is -0.116. The van der Waals surface area contributed by atoms with Crippen molar-refractivity contribution in [2.24, 2.45) is 0 Å². The number of nitrogens with zero attached hydrogens (tertiary/aromatic N) is 1. The number of benzene rings is 4. The van der Waals surface area contributed by atoms with Gasteiger partial charge in [0.2, 0.25) is 0 Å². The average molecular weight is 524 g/mol. The Bertz CT molecular complexity index is 1220. The zero-order chi connectivity index (χ0) is 26.7. The van der Waals surface area contributed by atoms with Gasteiger partial charge in [-0.05, 0) is 61.5 Å². The molecular formula is C34H37NO4. The summed E-state index contributed by atoms with van der Waals surface area (Å²) in [6.07, 6.45) is 1.18. The molecule has 5 nitrogen and oxygen atoms in total. The Kier molecular flexibility index (Phi) is 9.37. The molecule has 5 heteroatoms. The lowest BCUT2D eigenvalue weighted by Gasteiger charge is -2.48. The quantitative estimate of drug-likeness (QED) is 0.202. The van der Waals surface area contributed by atoms with Gasteiger partial charge >= 0.3 is 0 Å². The van der Waals surface area contributed by atoms with E-state index < -0.39 is 0 Å². The third kappa shape index (κ3) is 7.33. The summed E-state index contributed by atoms with van der Waals surface area (Å²) >= 11 is 0. The molecule has 4 aromatic rings. The molecule has 0 spiro atoms. The van der Waals surface area contributed by atoms with E-state index in [1.165, 1.54) is 0 Å². The van der Waals surface area contributed by atoms with Crippen LogP contribution in [0.25, 0.3) is 0 Å². The fraction of sp³-hybridized carbons (Fsp3) is 0.294. The van der Waals surface area contributed by atoms with Gasteiger partial charge < -0.3 is 18.9 Å². The zero-order valence-electron chi connectivity index (χ0n) is 22.5. The highest BCUT2D eigenvalue weighted by molar-refractivity contribution is 5.26. The number of unbranched alkanes of at least 4 members (excludes halogenated alkanes) is 1. The third-order valence-corrected chi connectivity index (χ3v) is 6.98. The van der Waals surface area contributed by atoms with Gasteiger partial charge in [0.25, 0.3) is 0 Å². The molecule has 0 aromatic heterocycles. The Morgan fingerprint density at radius 1 is 0.590 bits per heavy atom. The molecule has 0 N–H and O–H groups in total. The van der Waals surface area contributed by atoms with Gasteiger partial charge in [0.1, 0.15) is 29.6 Å². The standard InChI is InChI=1S/C34H37NO4/c1-2-3-24-35-25-32(37-28-18-10-5-11-19-28)34(39-30-22-14-7-15-23-30)33(38-29-20-12-6-13-21-29)31(35)26-36-27-16-8-4-9-17-27/h4-23,31-34H,2-3,24-26H2,1H3/t31-,32+,33-,34-/m1/s1. The minimum Gasteiger partial charge on any atom is -0.492 e. The number of rotatable bonds is 12. The van der Waals surface area contributed by atoms with E-state index in [0.717, 1.165) is 42.4 Å². The Morgan fingerprint density at radius 3 is 1.56 bits per heavy atom. The maximum Gasteiger partial charge on any atom is 0.175 e. The van der Waals surface area contributed by atoms with Crippen molar-refractivity contribution in [2.45, 2.75) is 44.1 Å². The minimum atomic E-state index is -0.380. The van der Waals surface area contributed by atoms with Crippen LogP contribution in [0, 0.1) is 0 Å². The van der Waals surface area contributed by atoms with Crippen LogP contribution in [0.3, 0.4) is 0 Å². The maximum absolute atomic E-state index is 6.79. The summed E-state index contributed by atoms with van der Waals surface area (Å²) in [5.41, 5.74) is 0. The van der Waals surface area contributed by atoms with Crippen LogP contribution in [-0.4, -0.2) is 49.0 Å². The molecule has 0 aliphatic carbocycles. The van der Waals surface area contributed by atoms with Crippen molar-refractivity contribution in [1.29, 1.82) is 0 Å². The second-order valence-electron chi connectivity index (χ2n) is 9.80. The monoisotopic (exact) mass is 523 g/mol. The first-order chi connectivity index (χ1) is 19.3.